The molecule has 0 radical (unpaired) electrons. The van der Waals surface area contributed by atoms with E-state index >= 15 is 0 Å². The van der Waals surface area contributed by atoms with Gasteiger partial charge in [-0.3, -0.25) is 4.99 Å². The summed E-state index contributed by atoms with van der Waals surface area (Å²) < 4.78 is 0. The SMILES string of the molecule is CN=CC1CCCCN1. The third-order valence-electron chi connectivity index (χ3n) is 1.68. The van der Waals surface area contributed by atoms with Gasteiger partial charge in [-0.1, -0.05) is 6.42 Å². The summed E-state index contributed by atoms with van der Waals surface area (Å²) >= 11 is 0. The molecule has 0 amide bonds. The van der Waals surface area contributed by atoms with E-state index in [0.717, 1.165) is 6.54 Å². The van der Waals surface area contributed by atoms with E-state index in [9.17, 15) is 0 Å². The Morgan fingerprint density at radius 3 is 3.00 bits per heavy atom. The predicted molar refractivity (Wildman–Crippen MR) is 40.1 cm³/mol. The zero-order valence-corrected chi connectivity index (χ0v) is 5.93. The average molecular weight is 126 g/mol. The van der Waals surface area contributed by atoms with Crippen LogP contribution in [-0.2, 0) is 0 Å². The zero-order chi connectivity index (χ0) is 6.53. The van der Waals surface area contributed by atoms with Gasteiger partial charge in [0.05, 0.1) is 0 Å². The number of piperidine rings is 1. The number of hydrogen-bond donors (Lipinski definition) is 1. The fraction of sp³-hybridized carbons (Fsp3) is 0.857. The highest BCUT2D eigenvalue weighted by Crippen LogP contribution is 2.04. The summed E-state index contributed by atoms with van der Waals surface area (Å²) in [6, 6.07) is 0.559. The Morgan fingerprint density at radius 1 is 1.56 bits per heavy atom. The van der Waals surface area contributed by atoms with Gasteiger partial charge in [-0.2, -0.15) is 0 Å². The Morgan fingerprint density at radius 2 is 2.44 bits per heavy atom. The summed E-state index contributed by atoms with van der Waals surface area (Å²) in [5.74, 6) is 0. The molecule has 1 atom stereocenters. The van der Waals surface area contributed by atoms with Gasteiger partial charge in [-0.25, -0.2) is 0 Å². The summed E-state index contributed by atoms with van der Waals surface area (Å²) in [4.78, 5) is 3.97. The van der Waals surface area contributed by atoms with E-state index in [1.807, 2.05) is 13.3 Å². The normalized spacial score (nSPS) is 29.2. The molecule has 9 heavy (non-hydrogen) atoms. The molecule has 1 saturated heterocycles. The summed E-state index contributed by atoms with van der Waals surface area (Å²) in [5, 5.41) is 3.37. The first-order valence-electron chi connectivity index (χ1n) is 3.59. The molecule has 0 aromatic carbocycles. The highest BCUT2D eigenvalue weighted by molar-refractivity contribution is 5.64. The molecule has 1 aliphatic heterocycles. The van der Waals surface area contributed by atoms with Crippen molar-refractivity contribution in [3.05, 3.63) is 0 Å². The van der Waals surface area contributed by atoms with E-state index in [1.54, 1.807) is 0 Å². The van der Waals surface area contributed by atoms with Crippen LogP contribution < -0.4 is 5.32 Å². The van der Waals surface area contributed by atoms with Gasteiger partial charge < -0.3 is 5.32 Å². The Labute approximate surface area is 56.4 Å². The third kappa shape index (κ3) is 2.14. The fourth-order valence-electron chi connectivity index (χ4n) is 1.19. The largest absolute Gasteiger partial charge is 0.309 e. The van der Waals surface area contributed by atoms with Crippen LogP contribution in [-0.4, -0.2) is 25.8 Å². The van der Waals surface area contributed by atoms with E-state index in [1.165, 1.54) is 19.3 Å². The molecular weight excluding hydrogens is 112 g/mol. The van der Waals surface area contributed by atoms with Crippen LogP contribution in [0.15, 0.2) is 4.99 Å². The van der Waals surface area contributed by atoms with Gasteiger partial charge in [0.1, 0.15) is 0 Å². The maximum Gasteiger partial charge on any atom is 0.0420 e. The Bertz CT molecular complexity index is 93.1. The molecule has 0 aromatic heterocycles. The minimum Gasteiger partial charge on any atom is -0.309 e. The Kier molecular flexibility index (Phi) is 2.71. The van der Waals surface area contributed by atoms with Gasteiger partial charge in [-0.15, -0.1) is 0 Å². The van der Waals surface area contributed by atoms with Crippen molar-refractivity contribution in [2.45, 2.75) is 25.3 Å². The molecule has 0 saturated carbocycles. The molecule has 1 N–H and O–H groups in total. The second-order valence-corrected chi connectivity index (χ2v) is 2.46. The smallest absolute Gasteiger partial charge is 0.0420 e. The van der Waals surface area contributed by atoms with Crippen LogP contribution in [0.3, 0.4) is 0 Å². The van der Waals surface area contributed by atoms with Crippen molar-refractivity contribution in [2.24, 2.45) is 4.99 Å². The van der Waals surface area contributed by atoms with E-state index in [0.29, 0.717) is 6.04 Å². The monoisotopic (exact) mass is 126 g/mol. The molecule has 1 heterocycles. The van der Waals surface area contributed by atoms with Crippen LogP contribution in [0.1, 0.15) is 19.3 Å². The molecule has 0 aromatic rings. The van der Waals surface area contributed by atoms with Crippen molar-refractivity contribution in [1.29, 1.82) is 0 Å². The minimum absolute atomic E-state index is 0.559. The fourth-order valence-corrected chi connectivity index (χ4v) is 1.19. The van der Waals surface area contributed by atoms with Crippen molar-refractivity contribution in [3.63, 3.8) is 0 Å². The van der Waals surface area contributed by atoms with Crippen LogP contribution in [0.4, 0.5) is 0 Å². The van der Waals surface area contributed by atoms with Crippen molar-refractivity contribution in [1.82, 2.24) is 5.32 Å². The molecule has 1 rings (SSSR count). The standard InChI is InChI=1S/C7H14N2/c1-8-6-7-4-2-3-5-9-7/h6-7,9H,2-5H2,1H3. The van der Waals surface area contributed by atoms with Crippen molar-refractivity contribution < 1.29 is 0 Å². The van der Waals surface area contributed by atoms with Crippen molar-refractivity contribution in [3.8, 4) is 0 Å². The van der Waals surface area contributed by atoms with Gasteiger partial charge >= 0.3 is 0 Å². The third-order valence-corrected chi connectivity index (χ3v) is 1.68. The predicted octanol–water partition coefficient (Wildman–Crippen LogP) is 0.829. The molecular formula is C7H14N2. The zero-order valence-electron chi connectivity index (χ0n) is 5.93. The Balaban J connectivity index is 2.23. The van der Waals surface area contributed by atoms with Gasteiger partial charge in [0.15, 0.2) is 0 Å². The molecule has 1 aliphatic rings. The lowest BCUT2D eigenvalue weighted by Gasteiger charge is -2.18. The van der Waals surface area contributed by atoms with Gasteiger partial charge in [0, 0.05) is 19.3 Å². The number of nitrogens with zero attached hydrogens (tertiary/aromatic N) is 1. The van der Waals surface area contributed by atoms with Crippen LogP contribution in [0.25, 0.3) is 0 Å². The Hall–Kier alpha value is -0.370. The summed E-state index contributed by atoms with van der Waals surface area (Å²) in [7, 11) is 1.83. The molecule has 52 valence electrons. The molecule has 2 nitrogen and oxygen atoms in total. The maximum atomic E-state index is 3.97. The topological polar surface area (TPSA) is 24.4 Å². The second-order valence-electron chi connectivity index (χ2n) is 2.46. The van der Waals surface area contributed by atoms with Crippen LogP contribution >= 0.6 is 0 Å². The van der Waals surface area contributed by atoms with Gasteiger partial charge in [0.25, 0.3) is 0 Å². The first kappa shape index (κ1) is 6.75. The lowest BCUT2D eigenvalue weighted by Crippen LogP contribution is -2.34. The number of rotatable bonds is 1. The average Bonchev–Trinajstić information content (AvgIpc) is 1.91. The van der Waals surface area contributed by atoms with Crippen LogP contribution in [0.2, 0.25) is 0 Å². The van der Waals surface area contributed by atoms with Crippen molar-refractivity contribution >= 4 is 6.21 Å². The van der Waals surface area contributed by atoms with E-state index in [2.05, 4.69) is 10.3 Å². The molecule has 1 fully saturated rings. The number of hydrogen-bond acceptors (Lipinski definition) is 2. The van der Waals surface area contributed by atoms with E-state index in [-0.39, 0.29) is 0 Å². The summed E-state index contributed by atoms with van der Waals surface area (Å²) in [5.41, 5.74) is 0. The van der Waals surface area contributed by atoms with E-state index in [4.69, 9.17) is 0 Å². The lowest BCUT2D eigenvalue weighted by molar-refractivity contribution is 0.476. The summed E-state index contributed by atoms with van der Waals surface area (Å²) in [6.45, 7) is 1.16. The lowest BCUT2D eigenvalue weighted by atomic mass is 10.1. The highest BCUT2D eigenvalue weighted by Gasteiger charge is 2.07. The number of aliphatic imine (C=N–C) groups is 1. The molecule has 0 spiro atoms. The second kappa shape index (κ2) is 3.62. The molecule has 2 heteroatoms. The first-order valence-corrected chi connectivity index (χ1v) is 3.59. The minimum atomic E-state index is 0.559. The number of nitrogens with one attached hydrogen (secondary N) is 1. The van der Waals surface area contributed by atoms with Gasteiger partial charge in [-0.05, 0) is 19.4 Å². The van der Waals surface area contributed by atoms with E-state index < -0.39 is 0 Å². The highest BCUT2D eigenvalue weighted by atomic mass is 14.9. The van der Waals surface area contributed by atoms with Crippen LogP contribution in [0, 0.1) is 0 Å². The van der Waals surface area contributed by atoms with Gasteiger partial charge in [0.2, 0.25) is 0 Å². The first-order chi connectivity index (χ1) is 4.43. The van der Waals surface area contributed by atoms with Crippen molar-refractivity contribution in [2.75, 3.05) is 13.6 Å². The molecule has 0 aliphatic carbocycles. The summed E-state index contributed by atoms with van der Waals surface area (Å²) in [6.07, 6.45) is 5.94. The molecule has 0 bridgehead atoms. The molecule has 1 unspecified atom stereocenters. The maximum absolute atomic E-state index is 3.97. The quantitative estimate of drug-likeness (QED) is 0.517. The van der Waals surface area contributed by atoms with Crippen LogP contribution in [0.5, 0.6) is 0 Å².